The van der Waals surface area contributed by atoms with E-state index in [4.69, 9.17) is 11.6 Å². The Morgan fingerprint density at radius 3 is 2.14 bits per heavy atom. The Balaban J connectivity index is 1.73. The Morgan fingerprint density at radius 1 is 0.881 bits per heavy atom. The molecule has 42 heavy (non-hydrogen) atoms. The van der Waals surface area contributed by atoms with Crippen LogP contribution in [0.2, 0.25) is 5.02 Å². The van der Waals surface area contributed by atoms with Gasteiger partial charge in [0.2, 0.25) is 11.8 Å². The Kier molecular flexibility index (Phi) is 11.0. The summed E-state index contributed by atoms with van der Waals surface area (Å²) in [7, 11) is -4.11. The Labute approximate surface area is 254 Å². The average molecular weight is 610 g/mol. The molecule has 3 aromatic carbocycles. The third-order valence-electron chi connectivity index (χ3n) is 7.89. The van der Waals surface area contributed by atoms with Crippen molar-refractivity contribution in [2.24, 2.45) is 0 Å². The number of hydrogen-bond acceptors (Lipinski definition) is 4. The maximum absolute atomic E-state index is 14.3. The van der Waals surface area contributed by atoms with E-state index in [-0.39, 0.29) is 23.4 Å². The van der Waals surface area contributed by atoms with E-state index in [0.29, 0.717) is 29.1 Å². The number of amides is 2. The highest BCUT2D eigenvalue weighted by Crippen LogP contribution is 2.29. The standard InChI is InChI=1S/C33H40ClN3O4S/c1-3-25-15-12-14-22-31(25)37(42(40,41)28-19-9-6-10-20-28)24-32(38)36(23-26-16-11-13-21-29(26)34)30(4-2)33(39)35-27-17-7-5-8-18-27/h6,9-16,19-22,27,30H,3-5,7-8,17-18,23-24H2,1-2H3,(H,35,39). The molecule has 0 spiro atoms. The van der Waals surface area contributed by atoms with Gasteiger partial charge in [-0.15, -0.1) is 0 Å². The lowest BCUT2D eigenvalue weighted by atomic mass is 9.95. The first kappa shape index (κ1) is 31.6. The van der Waals surface area contributed by atoms with E-state index >= 15 is 0 Å². The number of aryl methyl sites for hydroxylation is 1. The summed E-state index contributed by atoms with van der Waals surface area (Å²) in [5, 5.41) is 3.64. The van der Waals surface area contributed by atoms with Crippen molar-refractivity contribution in [2.75, 3.05) is 10.8 Å². The average Bonchev–Trinajstić information content (AvgIpc) is 3.01. The number of para-hydroxylation sites is 1. The van der Waals surface area contributed by atoms with Crippen LogP contribution in [0.4, 0.5) is 5.69 Å². The van der Waals surface area contributed by atoms with E-state index in [1.54, 1.807) is 42.5 Å². The van der Waals surface area contributed by atoms with Gasteiger partial charge in [-0.2, -0.15) is 0 Å². The van der Waals surface area contributed by atoms with Crippen molar-refractivity contribution in [1.29, 1.82) is 0 Å². The van der Waals surface area contributed by atoms with Crippen molar-refractivity contribution in [1.82, 2.24) is 10.2 Å². The van der Waals surface area contributed by atoms with Gasteiger partial charge in [0.25, 0.3) is 10.0 Å². The van der Waals surface area contributed by atoms with E-state index in [1.165, 1.54) is 21.3 Å². The minimum absolute atomic E-state index is 0.0731. The number of rotatable bonds is 12. The number of halogens is 1. The monoisotopic (exact) mass is 609 g/mol. The molecule has 0 aliphatic heterocycles. The predicted octanol–water partition coefficient (Wildman–Crippen LogP) is 6.35. The number of nitrogens with one attached hydrogen (secondary N) is 1. The minimum atomic E-state index is -4.11. The Bertz CT molecular complexity index is 1460. The second-order valence-electron chi connectivity index (χ2n) is 10.7. The lowest BCUT2D eigenvalue weighted by Crippen LogP contribution is -2.54. The first-order valence-corrected chi connectivity index (χ1v) is 16.6. The maximum atomic E-state index is 14.3. The van der Waals surface area contributed by atoms with Crippen LogP contribution in [-0.4, -0.2) is 43.8 Å². The van der Waals surface area contributed by atoms with Gasteiger partial charge >= 0.3 is 0 Å². The predicted molar refractivity (Wildman–Crippen MR) is 168 cm³/mol. The molecule has 2 amide bonds. The molecule has 1 N–H and O–H groups in total. The van der Waals surface area contributed by atoms with Crippen LogP contribution in [0.3, 0.4) is 0 Å². The van der Waals surface area contributed by atoms with Crippen LogP contribution in [0, 0.1) is 0 Å². The fourth-order valence-corrected chi connectivity index (χ4v) is 7.23. The van der Waals surface area contributed by atoms with E-state index < -0.39 is 28.5 Å². The molecule has 1 saturated carbocycles. The second kappa shape index (κ2) is 14.7. The van der Waals surface area contributed by atoms with Crippen molar-refractivity contribution >= 4 is 39.1 Å². The van der Waals surface area contributed by atoms with Crippen LogP contribution in [0.1, 0.15) is 63.5 Å². The molecule has 3 aromatic rings. The molecule has 1 aliphatic rings. The van der Waals surface area contributed by atoms with E-state index in [1.807, 2.05) is 38.1 Å². The van der Waals surface area contributed by atoms with E-state index in [9.17, 15) is 18.0 Å². The highest BCUT2D eigenvalue weighted by Gasteiger charge is 2.35. The lowest BCUT2D eigenvalue weighted by molar-refractivity contribution is -0.140. The first-order chi connectivity index (χ1) is 20.3. The van der Waals surface area contributed by atoms with Gasteiger partial charge < -0.3 is 10.2 Å². The highest BCUT2D eigenvalue weighted by atomic mass is 35.5. The summed E-state index contributed by atoms with van der Waals surface area (Å²) in [6.45, 7) is 3.42. The summed E-state index contributed by atoms with van der Waals surface area (Å²) in [5.74, 6) is -0.706. The lowest BCUT2D eigenvalue weighted by Gasteiger charge is -2.35. The van der Waals surface area contributed by atoms with Crippen molar-refractivity contribution in [3.05, 3.63) is 95.0 Å². The molecule has 0 saturated heterocycles. The van der Waals surface area contributed by atoms with Crippen LogP contribution in [0.25, 0.3) is 0 Å². The van der Waals surface area contributed by atoms with Crippen LogP contribution >= 0.6 is 11.6 Å². The Morgan fingerprint density at radius 2 is 1.50 bits per heavy atom. The van der Waals surface area contributed by atoms with Crippen molar-refractivity contribution in [3.63, 3.8) is 0 Å². The summed E-state index contributed by atoms with van der Waals surface area (Å²) in [4.78, 5) is 29.6. The summed E-state index contributed by atoms with van der Waals surface area (Å²) in [5.41, 5.74) is 1.92. The summed E-state index contributed by atoms with van der Waals surface area (Å²) in [6.07, 6.45) is 6.06. The van der Waals surface area contributed by atoms with Crippen LogP contribution in [0.5, 0.6) is 0 Å². The fraction of sp³-hybridized carbons (Fsp3) is 0.394. The molecule has 0 bridgehead atoms. The molecule has 1 fully saturated rings. The number of carbonyl (C=O) groups is 2. The molecule has 0 radical (unpaired) electrons. The van der Waals surface area contributed by atoms with Gasteiger partial charge in [0.15, 0.2) is 0 Å². The number of hydrogen-bond donors (Lipinski definition) is 1. The largest absolute Gasteiger partial charge is 0.352 e. The van der Waals surface area contributed by atoms with Gasteiger partial charge in [-0.25, -0.2) is 8.42 Å². The second-order valence-corrected chi connectivity index (χ2v) is 13.0. The van der Waals surface area contributed by atoms with Gasteiger partial charge in [-0.1, -0.05) is 99.3 Å². The molecule has 4 rings (SSSR count). The van der Waals surface area contributed by atoms with Crippen LogP contribution in [0.15, 0.2) is 83.8 Å². The zero-order valence-corrected chi connectivity index (χ0v) is 25.9. The van der Waals surface area contributed by atoms with Crippen LogP contribution < -0.4 is 9.62 Å². The summed E-state index contributed by atoms with van der Waals surface area (Å²) in [6, 6.07) is 21.8. The minimum Gasteiger partial charge on any atom is -0.352 e. The van der Waals surface area contributed by atoms with Crippen molar-refractivity contribution in [3.8, 4) is 0 Å². The maximum Gasteiger partial charge on any atom is 0.264 e. The molecule has 9 heteroatoms. The van der Waals surface area contributed by atoms with Crippen LogP contribution in [-0.2, 0) is 32.6 Å². The van der Waals surface area contributed by atoms with Gasteiger partial charge in [0.1, 0.15) is 12.6 Å². The number of benzene rings is 3. The number of anilines is 1. The number of sulfonamides is 1. The molecule has 0 heterocycles. The molecule has 1 atom stereocenters. The number of carbonyl (C=O) groups excluding carboxylic acids is 2. The third kappa shape index (κ3) is 7.53. The zero-order valence-electron chi connectivity index (χ0n) is 24.3. The molecule has 224 valence electrons. The van der Waals surface area contributed by atoms with Gasteiger partial charge in [-0.3, -0.25) is 13.9 Å². The normalized spacial score (nSPS) is 14.6. The third-order valence-corrected chi connectivity index (χ3v) is 10.0. The van der Waals surface area contributed by atoms with Gasteiger partial charge in [0.05, 0.1) is 10.6 Å². The fourth-order valence-electron chi connectivity index (χ4n) is 5.56. The number of nitrogens with zero attached hydrogens (tertiary/aromatic N) is 2. The zero-order chi connectivity index (χ0) is 30.1. The van der Waals surface area contributed by atoms with E-state index in [2.05, 4.69) is 5.32 Å². The first-order valence-electron chi connectivity index (χ1n) is 14.7. The summed E-state index contributed by atoms with van der Waals surface area (Å²) >= 11 is 6.51. The Hall–Kier alpha value is -3.36. The molecular formula is C33H40ClN3O4S. The topological polar surface area (TPSA) is 86.8 Å². The molecule has 0 aromatic heterocycles. The smallest absolute Gasteiger partial charge is 0.264 e. The summed E-state index contributed by atoms with van der Waals surface area (Å²) < 4.78 is 29.3. The highest BCUT2D eigenvalue weighted by molar-refractivity contribution is 7.92. The molecule has 7 nitrogen and oxygen atoms in total. The van der Waals surface area contributed by atoms with E-state index in [0.717, 1.165) is 37.7 Å². The van der Waals surface area contributed by atoms with Gasteiger partial charge in [-0.05, 0) is 61.1 Å². The quantitative estimate of drug-likeness (QED) is 0.259. The molecule has 1 aliphatic carbocycles. The van der Waals surface area contributed by atoms with Gasteiger partial charge in [0, 0.05) is 17.6 Å². The SMILES string of the molecule is CCc1ccccc1N(CC(=O)N(Cc1ccccc1Cl)C(CC)C(=O)NC1CCCCC1)S(=O)(=O)c1ccccc1. The molecule has 1 unspecified atom stereocenters. The van der Waals surface area contributed by atoms with Crippen molar-refractivity contribution in [2.45, 2.75) is 82.3 Å². The molecular weight excluding hydrogens is 570 g/mol. The van der Waals surface area contributed by atoms with Crippen molar-refractivity contribution < 1.29 is 18.0 Å².